The van der Waals surface area contributed by atoms with Crippen LogP contribution in [0.5, 0.6) is 0 Å². The third kappa shape index (κ3) is 3.92. The van der Waals surface area contributed by atoms with Crippen LogP contribution in [0.15, 0.2) is 54.6 Å². The highest BCUT2D eigenvalue weighted by atomic mass is 15.1. The molecular formula is C18H24N2. The van der Waals surface area contributed by atoms with E-state index in [1.54, 1.807) is 0 Å². The van der Waals surface area contributed by atoms with E-state index in [0.717, 1.165) is 13.0 Å². The second-order valence-corrected chi connectivity index (χ2v) is 5.38. The van der Waals surface area contributed by atoms with Crippen LogP contribution in [0.3, 0.4) is 0 Å². The Morgan fingerprint density at radius 1 is 1.00 bits per heavy atom. The van der Waals surface area contributed by atoms with Crippen LogP contribution >= 0.6 is 0 Å². The zero-order chi connectivity index (χ0) is 14.4. The normalized spacial score (nSPS) is 12.6. The summed E-state index contributed by atoms with van der Waals surface area (Å²) in [6.07, 6.45) is 1.06. The largest absolute Gasteiger partial charge is 0.329 e. The first-order valence-corrected chi connectivity index (χ1v) is 7.21. The van der Waals surface area contributed by atoms with Crippen LogP contribution in [0.4, 0.5) is 0 Å². The minimum absolute atomic E-state index is 0.291. The maximum absolute atomic E-state index is 5.97. The van der Waals surface area contributed by atoms with E-state index in [2.05, 4.69) is 73.5 Å². The Morgan fingerprint density at radius 3 is 2.25 bits per heavy atom. The molecule has 1 atom stereocenters. The summed E-state index contributed by atoms with van der Waals surface area (Å²) in [5.41, 5.74) is 9.93. The molecule has 2 N–H and O–H groups in total. The average Bonchev–Trinajstić information content (AvgIpc) is 2.49. The number of nitrogens with two attached hydrogens (primary N) is 1. The molecule has 0 aliphatic heterocycles. The van der Waals surface area contributed by atoms with Gasteiger partial charge in [-0.25, -0.2) is 0 Å². The second-order valence-electron chi connectivity index (χ2n) is 5.38. The first-order valence-electron chi connectivity index (χ1n) is 7.21. The van der Waals surface area contributed by atoms with Gasteiger partial charge in [0.1, 0.15) is 0 Å². The van der Waals surface area contributed by atoms with Gasteiger partial charge in [-0.3, -0.25) is 4.90 Å². The van der Waals surface area contributed by atoms with Gasteiger partial charge in [-0.2, -0.15) is 0 Å². The fourth-order valence-electron chi connectivity index (χ4n) is 2.47. The van der Waals surface area contributed by atoms with Gasteiger partial charge in [0.05, 0.1) is 0 Å². The molecule has 0 aliphatic rings. The Balaban J connectivity index is 1.98. The summed E-state index contributed by atoms with van der Waals surface area (Å²) >= 11 is 0. The molecule has 0 aromatic heterocycles. The van der Waals surface area contributed by atoms with Crippen molar-refractivity contribution in [2.24, 2.45) is 5.73 Å². The van der Waals surface area contributed by atoms with E-state index in [-0.39, 0.29) is 0 Å². The summed E-state index contributed by atoms with van der Waals surface area (Å²) in [5, 5.41) is 0. The number of nitrogens with zero attached hydrogens (tertiary/aromatic N) is 1. The molecule has 0 radical (unpaired) electrons. The van der Waals surface area contributed by atoms with Gasteiger partial charge in [-0.1, -0.05) is 60.2 Å². The molecule has 1 unspecified atom stereocenters. The minimum Gasteiger partial charge on any atom is -0.329 e. The van der Waals surface area contributed by atoms with E-state index in [0.29, 0.717) is 12.6 Å². The average molecular weight is 268 g/mol. The Labute approximate surface area is 122 Å². The van der Waals surface area contributed by atoms with E-state index in [1.807, 2.05) is 0 Å². The molecule has 0 saturated heterocycles. The number of likely N-dealkylation sites (N-methyl/N-ethyl adjacent to an activating group) is 1. The third-order valence-corrected chi connectivity index (χ3v) is 3.81. The van der Waals surface area contributed by atoms with Gasteiger partial charge in [0.2, 0.25) is 0 Å². The summed E-state index contributed by atoms with van der Waals surface area (Å²) in [7, 11) is 2.15. The summed E-state index contributed by atoms with van der Waals surface area (Å²) in [4.78, 5) is 2.34. The van der Waals surface area contributed by atoms with Crippen LogP contribution in [-0.4, -0.2) is 25.0 Å². The summed E-state index contributed by atoms with van der Waals surface area (Å²) in [6.45, 7) is 3.77. The Bertz CT molecular complexity index is 505. The van der Waals surface area contributed by atoms with Crippen LogP contribution < -0.4 is 5.73 Å². The molecule has 106 valence electrons. The molecule has 2 nitrogen and oxygen atoms in total. The molecule has 0 saturated carbocycles. The van der Waals surface area contributed by atoms with Gasteiger partial charge < -0.3 is 5.73 Å². The van der Waals surface area contributed by atoms with Gasteiger partial charge in [0.25, 0.3) is 0 Å². The summed E-state index contributed by atoms with van der Waals surface area (Å²) in [6, 6.07) is 19.6. The quantitative estimate of drug-likeness (QED) is 0.872. The maximum atomic E-state index is 5.97. The number of benzene rings is 2. The molecule has 2 rings (SSSR count). The van der Waals surface area contributed by atoms with Crippen molar-refractivity contribution in [1.82, 2.24) is 4.90 Å². The highest BCUT2D eigenvalue weighted by Crippen LogP contribution is 2.19. The summed E-state index contributed by atoms with van der Waals surface area (Å²) < 4.78 is 0. The molecule has 0 heterocycles. The molecule has 0 bridgehead atoms. The fourth-order valence-corrected chi connectivity index (χ4v) is 2.47. The lowest BCUT2D eigenvalue weighted by Gasteiger charge is -2.27. The molecule has 2 aromatic carbocycles. The number of hydrogen-bond donors (Lipinski definition) is 1. The predicted octanol–water partition coefficient (Wildman–Crippen LogP) is 3.17. The van der Waals surface area contributed by atoms with Gasteiger partial charge in [0.15, 0.2) is 0 Å². The molecule has 2 aromatic rings. The Morgan fingerprint density at radius 2 is 1.65 bits per heavy atom. The van der Waals surface area contributed by atoms with Crippen molar-refractivity contribution in [2.75, 3.05) is 20.1 Å². The van der Waals surface area contributed by atoms with Crippen molar-refractivity contribution in [3.05, 3.63) is 71.3 Å². The summed E-state index contributed by atoms with van der Waals surface area (Å²) in [5.74, 6) is 0. The van der Waals surface area contributed by atoms with Crippen LogP contribution in [0.1, 0.15) is 22.7 Å². The topological polar surface area (TPSA) is 29.3 Å². The molecule has 0 spiro atoms. The second kappa shape index (κ2) is 7.22. The Hall–Kier alpha value is -1.64. The van der Waals surface area contributed by atoms with Crippen LogP contribution in [0.2, 0.25) is 0 Å². The van der Waals surface area contributed by atoms with Crippen molar-refractivity contribution < 1.29 is 0 Å². The predicted molar refractivity (Wildman–Crippen MR) is 85.8 cm³/mol. The maximum Gasteiger partial charge on any atom is 0.0467 e. The van der Waals surface area contributed by atoms with E-state index >= 15 is 0 Å². The van der Waals surface area contributed by atoms with Crippen LogP contribution in [0, 0.1) is 6.92 Å². The Kier molecular flexibility index (Phi) is 5.33. The molecule has 2 heteroatoms. The monoisotopic (exact) mass is 268 g/mol. The molecule has 0 amide bonds. The SMILES string of the molecule is Cc1ccc(C(CN)N(C)CCc2ccccc2)cc1. The fraction of sp³-hybridized carbons (Fsp3) is 0.333. The van der Waals surface area contributed by atoms with E-state index < -0.39 is 0 Å². The van der Waals surface area contributed by atoms with Gasteiger partial charge in [-0.05, 0) is 31.5 Å². The highest BCUT2D eigenvalue weighted by Gasteiger charge is 2.14. The third-order valence-electron chi connectivity index (χ3n) is 3.81. The lowest BCUT2D eigenvalue weighted by Crippen LogP contribution is -2.32. The standard InChI is InChI=1S/C18H24N2/c1-15-8-10-17(11-9-15)18(14-19)20(2)13-12-16-6-4-3-5-7-16/h3-11,18H,12-14,19H2,1-2H3. The first-order chi connectivity index (χ1) is 9.70. The molecule has 20 heavy (non-hydrogen) atoms. The zero-order valence-electron chi connectivity index (χ0n) is 12.4. The lowest BCUT2D eigenvalue weighted by molar-refractivity contribution is 0.253. The van der Waals surface area contributed by atoms with Crippen LogP contribution in [0.25, 0.3) is 0 Å². The van der Waals surface area contributed by atoms with Crippen molar-refractivity contribution in [3.63, 3.8) is 0 Å². The van der Waals surface area contributed by atoms with Crippen molar-refractivity contribution in [3.8, 4) is 0 Å². The van der Waals surface area contributed by atoms with Crippen molar-refractivity contribution in [1.29, 1.82) is 0 Å². The molecule has 0 aliphatic carbocycles. The van der Waals surface area contributed by atoms with Crippen molar-refractivity contribution >= 4 is 0 Å². The first kappa shape index (κ1) is 14.8. The number of aryl methyl sites for hydroxylation is 1. The number of hydrogen-bond acceptors (Lipinski definition) is 2. The van der Waals surface area contributed by atoms with Crippen LogP contribution in [-0.2, 0) is 6.42 Å². The highest BCUT2D eigenvalue weighted by molar-refractivity contribution is 5.24. The van der Waals surface area contributed by atoms with Crippen molar-refractivity contribution in [2.45, 2.75) is 19.4 Å². The smallest absolute Gasteiger partial charge is 0.0467 e. The van der Waals surface area contributed by atoms with E-state index in [4.69, 9.17) is 5.73 Å². The van der Waals surface area contributed by atoms with Gasteiger partial charge in [-0.15, -0.1) is 0 Å². The van der Waals surface area contributed by atoms with E-state index in [9.17, 15) is 0 Å². The van der Waals surface area contributed by atoms with Gasteiger partial charge in [0, 0.05) is 19.1 Å². The molecular weight excluding hydrogens is 244 g/mol. The minimum atomic E-state index is 0.291. The lowest BCUT2D eigenvalue weighted by atomic mass is 10.0. The van der Waals surface area contributed by atoms with E-state index in [1.165, 1.54) is 16.7 Å². The molecule has 0 fully saturated rings. The zero-order valence-corrected chi connectivity index (χ0v) is 12.4. The number of rotatable bonds is 6. The van der Waals surface area contributed by atoms with Gasteiger partial charge >= 0.3 is 0 Å².